The molecule has 4 saturated carbocycles. The van der Waals surface area contributed by atoms with Crippen molar-refractivity contribution in [3.05, 3.63) is 21.8 Å². The Bertz CT molecular complexity index is 817. The van der Waals surface area contributed by atoms with Gasteiger partial charge < -0.3 is 9.47 Å². The fourth-order valence-corrected chi connectivity index (χ4v) is 8.72. The largest absolute Gasteiger partial charge is 0.344 e. The van der Waals surface area contributed by atoms with Gasteiger partial charge in [0.1, 0.15) is 0 Å². The molecular weight excluding hydrogens is 381 g/mol. The van der Waals surface area contributed by atoms with E-state index in [9.17, 15) is 4.39 Å². The van der Waals surface area contributed by atoms with Crippen molar-refractivity contribution in [1.29, 1.82) is 0 Å². The molecule has 0 N–H and O–H groups in total. The molecule has 9 atom stereocenters. The predicted molar refractivity (Wildman–Crippen MR) is 113 cm³/mol. The highest BCUT2D eigenvalue weighted by atomic mass is 19.1. The van der Waals surface area contributed by atoms with Crippen LogP contribution in [0.2, 0.25) is 0 Å². The molecule has 0 aromatic rings. The quantitative estimate of drug-likeness (QED) is 0.271. The molecule has 1 saturated heterocycles. The summed E-state index contributed by atoms with van der Waals surface area (Å²) in [4.78, 5) is 3.11. The van der Waals surface area contributed by atoms with Crippen LogP contribution < -0.4 is 0 Å². The molecule has 5 aliphatic rings. The molecule has 1 aliphatic heterocycles. The number of azide groups is 1. The molecule has 5 fully saturated rings. The van der Waals surface area contributed by atoms with Gasteiger partial charge in [0, 0.05) is 11.0 Å². The highest BCUT2D eigenvalue weighted by Crippen LogP contribution is 2.69. The summed E-state index contributed by atoms with van der Waals surface area (Å²) in [6.45, 7) is 10.5. The fourth-order valence-electron chi connectivity index (χ4n) is 8.72. The minimum Gasteiger partial charge on any atom is -0.344 e. The second-order valence-corrected chi connectivity index (χ2v) is 11.6. The van der Waals surface area contributed by atoms with Crippen molar-refractivity contribution in [3.8, 4) is 0 Å². The number of rotatable bonds is 1. The van der Waals surface area contributed by atoms with Crippen molar-refractivity contribution < 1.29 is 13.9 Å². The lowest BCUT2D eigenvalue weighted by atomic mass is 9.43. The Morgan fingerprint density at radius 2 is 1.77 bits per heavy atom. The van der Waals surface area contributed by atoms with Gasteiger partial charge in [-0.1, -0.05) is 19.0 Å². The lowest BCUT2D eigenvalue weighted by Gasteiger charge is -2.63. The zero-order chi connectivity index (χ0) is 21.5. The van der Waals surface area contributed by atoms with Gasteiger partial charge >= 0.3 is 0 Å². The maximum Gasteiger partial charge on any atom is 0.163 e. The van der Waals surface area contributed by atoms with Gasteiger partial charge in [0.05, 0.1) is 18.0 Å². The Hall–Kier alpha value is -1.10. The summed E-state index contributed by atoms with van der Waals surface area (Å²) in [5.74, 6) is 1.20. The summed E-state index contributed by atoms with van der Waals surface area (Å²) < 4.78 is 27.7. The predicted octanol–water partition coefficient (Wildman–Crippen LogP) is 6.69. The van der Waals surface area contributed by atoms with Gasteiger partial charge in [-0.25, -0.2) is 4.39 Å². The van der Waals surface area contributed by atoms with Crippen molar-refractivity contribution >= 4 is 0 Å². The zero-order valence-corrected chi connectivity index (χ0v) is 19.0. The van der Waals surface area contributed by atoms with Crippen LogP contribution in [0.4, 0.5) is 4.39 Å². The van der Waals surface area contributed by atoms with Crippen molar-refractivity contribution in [1.82, 2.24) is 0 Å². The van der Waals surface area contributed by atoms with Crippen LogP contribution in [0.1, 0.15) is 79.6 Å². The highest BCUT2D eigenvalue weighted by molar-refractivity contribution is 5.27. The molecule has 1 heterocycles. The van der Waals surface area contributed by atoms with E-state index in [1.165, 1.54) is 0 Å². The van der Waals surface area contributed by atoms with Crippen LogP contribution in [0.5, 0.6) is 0 Å². The van der Waals surface area contributed by atoms with Crippen LogP contribution >= 0.6 is 0 Å². The van der Waals surface area contributed by atoms with Crippen LogP contribution in [0.3, 0.4) is 0 Å². The van der Waals surface area contributed by atoms with E-state index in [1.54, 1.807) is 6.92 Å². The van der Waals surface area contributed by atoms with Crippen LogP contribution in [0, 0.1) is 34.5 Å². The Labute approximate surface area is 179 Å². The average Bonchev–Trinajstić information content (AvgIpc) is 3.18. The number of halogens is 1. The smallest absolute Gasteiger partial charge is 0.163 e. The molecule has 0 radical (unpaired) electrons. The van der Waals surface area contributed by atoms with E-state index in [1.807, 2.05) is 13.8 Å². The van der Waals surface area contributed by atoms with E-state index in [4.69, 9.17) is 15.0 Å². The molecular formula is C24H36FN3O2. The van der Waals surface area contributed by atoms with Gasteiger partial charge in [-0.15, -0.1) is 0 Å². The van der Waals surface area contributed by atoms with Gasteiger partial charge in [0.2, 0.25) is 0 Å². The summed E-state index contributed by atoms with van der Waals surface area (Å²) in [6.07, 6.45) is 7.14. The van der Waals surface area contributed by atoms with Crippen molar-refractivity contribution in [2.45, 2.75) is 104 Å². The minimum atomic E-state index is -0.600. The van der Waals surface area contributed by atoms with Gasteiger partial charge in [-0.2, -0.15) is 0 Å². The van der Waals surface area contributed by atoms with Gasteiger partial charge in [-0.3, -0.25) is 0 Å². The van der Waals surface area contributed by atoms with E-state index in [0.717, 1.165) is 50.5 Å². The van der Waals surface area contributed by atoms with E-state index in [0.29, 0.717) is 23.7 Å². The normalized spacial score (nSPS) is 53.1. The topological polar surface area (TPSA) is 67.2 Å². The molecule has 0 amide bonds. The molecule has 4 unspecified atom stereocenters. The summed E-state index contributed by atoms with van der Waals surface area (Å²) in [7, 11) is 0. The number of fused-ring (bicyclic) bond motifs is 8. The molecule has 0 aromatic heterocycles. The van der Waals surface area contributed by atoms with E-state index >= 15 is 0 Å². The maximum absolute atomic E-state index is 14.5. The van der Waals surface area contributed by atoms with Crippen LogP contribution in [-0.2, 0) is 9.47 Å². The Kier molecular flexibility index (Phi) is 4.64. The first-order valence-corrected chi connectivity index (χ1v) is 11.9. The third-order valence-corrected chi connectivity index (χ3v) is 9.92. The third kappa shape index (κ3) is 2.76. The van der Waals surface area contributed by atoms with Crippen molar-refractivity contribution in [2.75, 3.05) is 0 Å². The van der Waals surface area contributed by atoms with Crippen LogP contribution in [0.25, 0.3) is 10.4 Å². The molecule has 30 heavy (non-hydrogen) atoms. The van der Waals surface area contributed by atoms with Crippen molar-refractivity contribution in [2.24, 2.45) is 39.6 Å². The minimum absolute atomic E-state index is 0.0322. The summed E-state index contributed by atoms with van der Waals surface area (Å²) >= 11 is 0. The lowest BCUT2D eigenvalue weighted by Crippen LogP contribution is -2.63. The molecule has 166 valence electrons. The molecule has 0 aromatic carbocycles. The first-order chi connectivity index (χ1) is 14.1. The van der Waals surface area contributed by atoms with Crippen LogP contribution in [0.15, 0.2) is 16.5 Å². The van der Waals surface area contributed by atoms with E-state index in [-0.39, 0.29) is 34.9 Å². The van der Waals surface area contributed by atoms with Crippen molar-refractivity contribution in [3.63, 3.8) is 0 Å². The second kappa shape index (κ2) is 6.70. The fraction of sp³-hybridized carbons (Fsp3) is 0.917. The summed E-state index contributed by atoms with van der Waals surface area (Å²) in [6, 6.07) is 0.0571. The number of hydrogen-bond acceptors (Lipinski definition) is 3. The van der Waals surface area contributed by atoms with Gasteiger partial charge in [-0.05, 0) is 111 Å². The zero-order valence-electron chi connectivity index (χ0n) is 19.0. The molecule has 0 bridgehead atoms. The number of ether oxygens (including phenoxy) is 2. The average molecular weight is 418 g/mol. The monoisotopic (exact) mass is 417 g/mol. The number of nitrogens with zero attached hydrogens (tertiary/aromatic N) is 3. The summed E-state index contributed by atoms with van der Waals surface area (Å²) in [5, 5.41) is 4.09. The van der Waals surface area contributed by atoms with E-state index < -0.39 is 5.79 Å². The Morgan fingerprint density at radius 1 is 1.03 bits per heavy atom. The molecule has 0 spiro atoms. The standard InChI is InChI=1S/C24H36FN3O2/c1-13(25)15-6-7-16-19-17(9-11-23(15,16)4)24(5)10-8-14(27-28-26)12-18(24)20-21(19)30-22(2,3)29-20/h14,16-21H,6-12H2,1-5H3/t14-,16?,17?,18?,19?,20-,21-,23-,24-/m1/s1. The van der Waals surface area contributed by atoms with Crippen LogP contribution in [-0.4, -0.2) is 24.0 Å². The Balaban J connectivity index is 1.57. The SMILES string of the molecule is CC(F)=C1CCC2C3C(CC[C@]12C)[C@@]1(C)CC[C@@H](N=[N+]=[N-])CC1[C@H]1OC(C)(C)O[C@H]31. The van der Waals surface area contributed by atoms with Gasteiger partial charge in [0.15, 0.2) is 5.79 Å². The second-order valence-electron chi connectivity index (χ2n) is 11.6. The summed E-state index contributed by atoms with van der Waals surface area (Å²) in [5.41, 5.74) is 10.2. The third-order valence-electron chi connectivity index (χ3n) is 9.92. The number of allylic oxidation sites excluding steroid dienone is 2. The highest BCUT2D eigenvalue weighted by Gasteiger charge is 2.68. The first-order valence-electron chi connectivity index (χ1n) is 11.9. The molecule has 4 aliphatic carbocycles. The molecule has 5 nitrogen and oxygen atoms in total. The first kappa shape index (κ1) is 20.8. The lowest BCUT2D eigenvalue weighted by molar-refractivity contribution is -0.173. The Morgan fingerprint density at radius 3 is 2.47 bits per heavy atom. The van der Waals surface area contributed by atoms with E-state index in [2.05, 4.69) is 23.9 Å². The van der Waals surface area contributed by atoms with Gasteiger partial charge in [0.25, 0.3) is 0 Å². The molecule has 5 rings (SSSR count). The maximum atomic E-state index is 14.5. The number of hydrogen-bond donors (Lipinski definition) is 0. The molecule has 6 heteroatoms.